The van der Waals surface area contributed by atoms with Gasteiger partial charge in [0.1, 0.15) is 5.60 Å². The average molecular weight is 440 g/mol. The van der Waals surface area contributed by atoms with Crippen LogP contribution in [0.1, 0.15) is 64.2 Å². The van der Waals surface area contributed by atoms with Crippen molar-refractivity contribution < 1.29 is 22.7 Å². The van der Waals surface area contributed by atoms with Crippen molar-refractivity contribution in [3.8, 4) is 0 Å². The lowest BCUT2D eigenvalue weighted by Gasteiger charge is -2.36. The van der Waals surface area contributed by atoms with Crippen molar-refractivity contribution >= 4 is 22.0 Å². The summed E-state index contributed by atoms with van der Waals surface area (Å²) in [4.78, 5) is 26.9. The number of rotatable bonds is 6. The molecule has 1 saturated heterocycles. The minimum Gasteiger partial charge on any atom is -0.444 e. The van der Waals surface area contributed by atoms with Crippen molar-refractivity contribution in [2.45, 2.75) is 76.5 Å². The van der Waals surface area contributed by atoms with E-state index in [4.69, 9.17) is 4.74 Å². The van der Waals surface area contributed by atoms with Gasteiger partial charge in [-0.1, -0.05) is 6.07 Å². The molecular formula is C21H33N3O5S. The standard InChI is InChI=1S/C21H33N3O5S/c1-15(2)23-30(27,28)18-11-8-9-16(13-18)19(25)24-12-7-6-10-17(24)14-22-20(26)29-21(3,4)5/h8-9,11,13,15,17,23H,6-7,10,12,14H2,1-5H3,(H,22,26). The van der Waals surface area contributed by atoms with Gasteiger partial charge in [-0.3, -0.25) is 4.79 Å². The van der Waals surface area contributed by atoms with Gasteiger partial charge in [0.05, 0.1) is 4.90 Å². The number of hydrogen-bond acceptors (Lipinski definition) is 5. The highest BCUT2D eigenvalue weighted by atomic mass is 32.2. The summed E-state index contributed by atoms with van der Waals surface area (Å²) >= 11 is 0. The number of likely N-dealkylation sites (tertiary alicyclic amines) is 1. The van der Waals surface area contributed by atoms with E-state index in [2.05, 4.69) is 10.0 Å². The van der Waals surface area contributed by atoms with Crippen LogP contribution in [-0.2, 0) is 14.8 Å². The fourth-order valence-corrected chi connectivity index (χ4v) is 4.63. The van der Waals surface area contributed by atoms with Crippen LogP contribution in [0.2, 0.25) is 0 Å². The van der Waals surface area contributed by atoms with Crippen LogP contribution in [0, 0.1) is 0 Å². The first-order chi connectivity index (χ1) is 13.9. The van der Waals surface area contributed by atoms with Gasteiger partial charge in [0.2, 0.25) is 10.0 Å². The minimum atomic E-state index is -3.69. The molecule has 8 nitrogen and oxygen atoms in total. The summed E-state index contributed by atoms with van der Waals surface area (Å²) in [5.41, 5.74) is -0.284. The van der Waals surface area contributed by atoms with E-state index in [1.807, 2.05) is 0 Å². The number of hydrogen-bond donors (Lipinski definition) is 2. The zero-order chi connectivity index (χ0) is 22.5. The number of nitrogens with one attached hydrogen (secondary N) is 2. The van der Waals surface area contributed by atoms with Crippen LogP contribution in [-0.4, -0.2) is 56.1 Å². The first-order valence-corrected chi connectivity index (χ1v) is 11.8. The third kappa shape index (κ3) is 6.98. The molecule has 2 amide bonds. The molecule has 1 unspecified atom stereocenters. The van der Waals surface area contributed by atoms with E-state index >= 15 is 0 Å². The Morgan fingerprint density at radius 1 is 1.23 bits per heavy atom. The van der Waals surface area contributed by atoms with E-state index in [9.17, 15) is 18.0 Å². The molecule has 168 valence electrons. The van der Waals surface area contributed by atoms with Gasteiger partial charge in [-0.25, -0.2) is 17.9 Å². The van der Waals surface area contributed by atoms with Gasteiger partial charge in [0.15, 0.2) is 0 Å². The van der Waals surface area contributed by atoms with Crippen LogP contribution in [0.15, 0.2) is 29.2 Å². The third-order valence-corrected chi connectivity index (χ3v) is 6.21. The first kappa shape index (κ1) is 24.1. The van der Waals surface area contributed by atoms with Crippen LogP contribution >= 0.6 is 0 Å². The highest BCUT2D eigenvalue weighted by molar-refractivity contribution is 7.89. The van der Waals surface area contributed by atoms with E-state index in [1.54, 1.807) is 51.7 Å². The second-order valence-electron chi connectivity index (χ2n) is 8.83. The highest BCUT2D eigenvalue weighted by Crippen LogP contribution is 2.21. The monoisotopic (exact) mass is 439 g/mol. The number of nitrogens with zero attached hydrogens (tertiary/aromatic N) is 1. The third-order valence-electron chi connectivity index (χ3n) is 4.55. The minimum absolute atomic E-state index is 0.0579. The molecule has 0 saturated carbocycles. The molecule has 0 spiro atoms. The largest absolute Gasteiger partial charge is 0.444 e. The Morgan fingerprint density at radius 3 is 2.57 bits per heavy atom. The topological polar surface area (TPSA) is 105 Å². The fourth-order valence-electron chi connectivity index (χ4n) is 3.34. The molecule has 0 aromatic heterocycles. The molecular weight excluding hydrogens is 406 g/mol. The Morgan fingerprint density at radius 2 is 1.93 bits per heavy atom. The maximum absolute atomic E-state index is 13.2. The lowest BCUT2D eigenvalue weighted by Crippen LogP contribution is -2.50. The lowest BCUT2D eigenvalue weighted by atomic mass is 10.0. The summed E-state index contributed by atoms with van der Waals surface area (Å²) in [5, 5.41) is 2.74. The number of carbonyl (C=O) groups excluding carboxylic acids is 2. The number of carbonyl (C=O) groups is 2. The van der Waals surface area contributed by atoms with Gasteiger partial charge < -0.3 is 15.0 Å². The van der Waals surface area contributed by atoms with E-state index in [0.717, 1.165) is 19.3 Å². The van der Waals surface area contributed by atoms with Crippen LogP contribution in [0.5, 0.6) is 0 Å². The maximum atomic E-state index is 13.2. The maximum Gasteiger partial charge on any atom is 0.407 e. The summed E-state index contributed by atoms with van der Waals surface area (Å²) in [5.74, 6) is -0.243. The van der Waals surface area contributed by atoms with Crippen molar-refractivity contribution in [1.29, 1.82) is 0 Å². The van der Waals surface area contributed by atoms with Crippen molar-refractivity contribution in [2.24, 2.45) is 0 Å². The van der Waals surface area contributed by atoms with Crippen LogP contribution < -0.4 is 10.0 Å². The SMILES string of the molecule is CC(C)NS(=O)(=O)c1cccc(C(=O)N2CCCCC2CNC(=O)OC(C)(C)C)c1. The van der Waals surface area contributed by atoms with Gasteiger partial charge in [-0.05, 0) is 72.1 Å². The summed E-state index contributed by atoms with van der Waals surface area (Å²) in [6.45, 7) is 9.69. The Labute approximate surface area is 179 Å². The Kier molecular flexibility index (Phi) is 7.87. The fraction of sp³-hybridized carbons (Fsp3) is 0.619. The van der Waals surface area contributed by atoms with E-state index in [1.165, 1.54) is 12.1 Å². The predicted molar refractivity (Wildman–Crippen MR) is 115 cm³/mol. The van der Waals surface area contributed by atoms with Gasteiger partial charge in [-0.2, -0.15) is 0 Å². The number of sulfonamides is 1. The second-order valence-corrected chi connectivity index (χ2v) is 10.5. The number of amides is 2. The molecule has 1 aliphatic heterocycles. The summed E-state index contributed by atoms with van der Waals surface area (Å²) < 4.78 is 32.7. The molecule has 1 heterocycles. The zero-order valence-corrected chi connectivity index (χ0v) is 19.2. The van der Waals surface area contributed by atoms with Crippen molar-refractivity contribution in [3.63, 3.8) is 0 Å². The molecule has 1 aromatic carbocycles. The Hall–Kier alpha value is -2.13. The summed E-state index contributed by atoms with van der Waals surface area (Å²) in [6, 6.07) is 5.63. The van der Waals surface area contributed by atoms with Crippen LogP contribution in [0.25, 0.3) is 0 Å². The van der Waals surface area contributed by atoms with Gasteiger partial charge in [0, 0.05) is 30.7 Å². The Balaban J connectivity index is 2.13. The smallest absolute Gasteiger partial charge is 0.407 e. The highest BCUT2D eigenvalue weighted by Gasteiger charge is 2.29. The van der Waals surface area contributed by atoms with Crippen LogP contribution in [0.3, 0.4) is 0 Å². The predicted octanol–water partition coefficient (Wildman–Crippen LogP) is 2.89. The molecule has 9 heteroatoms. The van der Waals surface area contributed by atoms with Gasteiger partial charge >= 0.3 is 6.09 Å². The molecule has 1 atom stereocenters. The zero-order valence-electron chi connectivity index (χ0n) is 18.4. The average Bonchev–Trinajstić information content (AvgIpc) is 2.64. The quantitative estimate of drug-likeness (QED) is 0.709. The van der Waals surface area contributed by atoms with Crippen LogP contribution in [0.4, 0.5) is 4.79 Å². The number of benzene rings is 1. The van der Waals surface area contributed by atoms with Gasteiger partial charge in [-0.15, -0.1) is 0 Å². The van der Waals surface area contributed by atoms with Gasteiger partial charge in [0.25, 0.3) is 5.91 Å². The second kappa shape index (κ2) is 9.78. The van der Waals surface area contributed by atoms with E-state index < -0.39 is 21.7 Å². The normalized spacial score (nSPS) is 17.7. The Bertz CT molecular complexity index is 862. The summed E-state index contributed by atoms with van der Waals surface area (Å²) in [6.07, 6.45) is 2.06. The first-order valence-electron chi connectivity index (χ1n) is 10.3. The van der Waals surface area contributed by atoms with E-state index in [0.29, 0.717) is 12.1 Å². The van der Waals surface area contributed by atoms with Crippen molar-refractivity contribution in [3.05, 3.63) is 29.8 Å². The molecule has 30 heavy (non-hydrogen) atoms. The van der Waals surface area contributed by atoms with Crippen molar-refractivity contribution in [1.82, 2.24) is 14.9 Å². The molecule has 0 aliphatic carbocycles. The number of ether oxygens (including phenoxy) is 1. The number of alkyl carbamates (subject to hydrolysis) is 1. The molecule has 1 aromatic rings. The van der Waals surface area contributed by atoms with E-state index in [-0.39, 0.29) is 29.4 Å². The number of piperidine rings is 1. The summed E-state index contributed by atoms with van der Waals surface area (Å²) in [7, 11) is -3.69. The van der Waals surface area contributed by atoms with Crippen molar-refractivity contribution in [2.75, 3.05) is 13.1 Å². The lowest BCUT2D eigenvalue weighted by molar-refractivity contribution is 0.0462. The molecule has 0 bridgehead atoms. The molecule has 0 radical (unpaired) electrons. The molecule has 2 N–H and O–H groups in total. The molecule has 2 rings (SSSR count). The molecule has 1 fully saturated rings. The molecule has 1 aliphatic rings.